The molecule has 0 N–H and O–H groups in total. The highest BCUT2D eigenvalue weighted by Gasteiger charge is 2.19. The van der Waals surface area contributed by atoms with Gasteiger partial charge in [0.2, 0.25) is 5.88 Å². The molecule has 9 nitrogen and oxygen atoms in total. The maximum absolute atomic E-state index is 14.3. The molecule has 0 bridgehead atoms. The fourth-order valence-electron chi connectivity index (χ4n) is 2.92. The van der Waals surface area contributed by atoms with Crippen LogP contribution in [-0.2, 0) is 11.3 Å². The third-order valence-corrected chi connectivity index (χ3v) is 4.98. The minimum atomic E-state index is -0.976. The molecule has 0 spiro atoms. The van der Waals surface area contributed by atoms with E-state index in [9.17, 15) is 13.6 Å². The van der Waals surface area contributed by atoms with Gasteiger partial charge in [-0.3, -0.25) is 4.68 Å². The Morgan fingerprint density at radius 3 is 2.71 bits per heavy atom. The number of carbonyl (C=O) groups excluding carboxylic acids is 1. The number of nitrogens with zero attached hydrogens (tertiary/aromatic N) is 6. The van der Waals surface area contributed by atoms with E-state index in [2.05, 4.69) is 36.1 Å². The van der Waals surface area contributed by atoms with Crippen LogP contribution in [0.3, 0.4) is 0 Å². The molecule has 31 heavy (non-hydrogen) atoms. The lowest BCUT2D eigenvalue weighted by Crippen LogP contribution is -2.08. The number of methoxy groups -OCH3 is 1. The zero-order valence-corrected chi connectivity index (χ0v) is 17.9. The normalized spacial score (nSPS) is 11.1. The van der Waals surface area contributed by atoms with Crippen molar-refractivity contribution < 1.29 is 23.0 Å². The molecule has 0 aliphatic heterocycles. The van der Waals surface area contributed by atoms with Crippen LogP contribution in [0.25, 0.3) is 17.0 Å². The molecule has 0 aliphatic rings. The van der Waals surface area contributed by atoms with Crippen LogP contribution in [0.2, 0.25) is 0 Å². The summed E-state index contributed by atoms with van der Waals surface area (Å²) in [6.45, 7) is 1.88. The third kappa shape index (κ3) is 3.85. The molecule has 0 aliphatic carbocycles. The van der Waals surface area contributed by atoms with Gasteiger partial charge in [-0.2, -0.15) is 15.2 Å². The summed E-state index contributed by atoms with van der Waals surface area (Å²) in [5.74, 6) is -2.17. The van der Waals surface area contributed by atoms with Gasteiger partial charge in [-0.05, 0) is 28.9 Å². The number of carbonyl (C=O) groups is 1. The molecule has 12 heteroatoms. The van der Waals surface area contributed by atoms with E-state index >= 15 is 0 Å². The number of esters is 1. The van der Waals surface area contributed by atoms with Crippen LogP contribution in [-0.4, -0.2) is 49.2 Å². The second-order valence-corrected chi connectivity index (χ2v) is 7.15. The summed E-state index contributed by atoms with van der Waals surface area (Å²) in [5.41, 5.74) is 1.13. The number of halogens is 3. The van der Waals surface area contributed by atoms with Crippen molar-refractivity contribution in [1.29, 1.82) is 0 Å². The van der Waals surface area contributed by atoms with Crippen molar-refractivity contribution in [2.45, 2.75) is 13.5 Å². The molecule has 0 fully saturated rings. The predicted octanol–water partition coefficient (Wildman–Crippen LogP) is 3.29. The number of benzene rings is 1. The van der Waals surface area contributed by atoms with Crippen LogP contribution in [0.5, 0.6) is 5.88 Å². The Hall–Kier alpha value is -3.41. The van der Waals surface area contributed by atoms with Gasteiger partial charge in [-0.1, -0.05) is 6.07 Å². The average Bonchev–Trinajstić information content (AvgIpc) is 3.41. The molecular weight excluding hydrogens is 478 g/mol. The Morgan fingerprint density at radius 2 is 1.97 bits per heavy atom. The number of ether oxygens (including phenoxy) is 2. The second-order valence-electron chi connectivity index (χ2n) is 6.30. The maximum Gasteiger partial charge on any atom is 0.341 e. The van der Waals surface area contributed by atoms with E-state index in [-0.39, 0.29) is 40.6 Å². The van der Waals surface area contributed by atoms with Crippen LogP contribution in [0.4, 0.5) is 8.78 Å². The van der Waals surface area contributed by atoms with Gasteiger partial charge in [0.05, 0.1) is 42.7 Å². The van der Waals surface area contributed by atoms with Crippen molar-refractivity contribution in [1.82, 2.24) is 29.5 Å². The largest absolute Gasteiger partial charge is 0.479 e. The zero-order valence-electron chi connectivity index (χ0n) is 16.3. The molecular formula is C19H15BrF2N6O3. The number of hydrogen-bond donors (Lipinski definition) is 0. The molecule has 3 heterocycles. The van der Waals surface area contributed by atoms with Gasteiger partial charge in [-0.25, -0.2) is 23.2 Å². The number of aromatic nitrogens is 6. The lowest BCUT2D eigenvalue weighted by molar-refractivity contribution is 0.0526. The van der Waals surface area contributed by atoms with Gasteiger partial charge in [0.1, 0.15) is 11.0 Å². The summed E-state index contributed by atoms with van der Waals surface area (Å²) in [5, 5.41) is 8.30. The van der Waals surface area contributed by atoms with E-state index in [1.54, 1.807) is 6.92 Å². The van der Waals surface area contributed by atoms with Crippen molar-refractivity contribution in [3.8, 4) is 11.8 Å². The fourth-order valence-corrected chi connectivity index (χ4v) is 3.23. The summed E-state index contributed by atoms with van der Waals surface area (Å²) >= 11 is 2.96. The van der Waals surface area contributed by atoms with E-state index in [4.69, 9.17) is 9.47 Å². The van der Waals surface area contributed by atoms with Crippen LogP contribution < -0.4 is 4.74 Å². The minimum absolute atomic E-state index is 0.0334. The smallest absolute Gasteiger partial charge is 0.341 e. The maximum atomic E-state index is 14.3. The van der Waals surface area contributed by atoms with E-state index < -0.39 is 17.6 Å². The topological polar surface area (TPSA) is 97.0 Å². The van der Waals surface area contributed by atoms with E-state index in [1.807, 2.05) is 0 Å². The molecule has 1 aromatic carbocycles. The van der Waals surface area contributed by atoms with Gasteiger partial charge in [0, 0.05) is 11.8 Å². The van der Waals surface area contributed by atoms with Gasteiger partial charge in [0.25, 0.3) is 5.95 Å². The molecule has 0 radical (unpaired) electrons. The van der Waals surface area contributed by atoms with Crippen molar-refractivity contribution in [2.75, 3.05) is 13.7 Å². The molecule has 3 aromatic heterocycles. The second kappa shape index (κ2) is 8.38. The Morgan fingerprint density at radius 1 is 1.16 bits per heavy atom. The molecule has 0 saturated carbocycles. The Bertz CT molecular complexity index is 1290. The summed E-state index contributed by atoms with van der Waals surface area (Å²) in [6, 6.07) is 2.88. The van der Waals surface area contributed by atoms with E-state index in [0.29, 0.717) is 11.0 Å². The molecule has 0 amide bonds. The zero-order chi connectivity index (χ0) is 22.1. The van der Waals surface area contributed by atoms with Gasteiger partial charge >= 0.3 is 5.97 Å². The first kappa shape index (κ1) is 20.8. The fraction of sp³-hybridized carbons (Fsp3) is 0.211. The van der Waals surface area contributed by atoms with Gasteiger partial charge in [-0.15, -0.1) is 0 Å². The first-order valence-electron chi connectivity index (χ1n) is 9.05. The highest BCUT2D eigenvalue weighted by Crippen LogP contribution is 2.26. The Labute approximate surface area is 182 Å². The summed E-state index contributed by atoms with van der Waals surface area (Å²) in [4.78, 5) is 20.6. The quantitative estimate of drug-likeness (QED) is 0.301. The number of rotatable bonds is 6. The lowest BCUT2D eigenvalue weighted by Gasteiger charge is -2.09. The average molecular weight is 493 g/mol. The van der Waals surface area contributed by atoms with E-state index in [0.717, 1.165) is 0 Å². The van der Waals surface area contributed by atoms with Crippen molar-refractivity contribution >= 4 is 32.9 Å². The molecule has 160 valence electrons. The molecule has 4 rings (SSSR count). The number of hydrogen-bond acceptors (Lipinski definition) is 7. The summed E-state index contributed by atoms with van der Waals surface area (Å²) in [6.07, 6.45) is 4.22. The first-order chi connectivity index (χ1) is 14.9. The van der Waals surface area contributed by atoms with Crippen molar-refractivity contribution in [2.24, 2.45) is 0 Å². The van der Waals surface area contributed by atoms with Crippen molar-refractivity contribution in [3.05, 3.63) is 58.0 Å². The van der Waals surface area contributed by atoms with Gasteiger partial charge in [0.15, 0.2) is 11.6 Å². The molecule has 4 aromatic rings. The molecule has 0 atom stereocenters. The van der Waals surface area contributed by atoms with Crippen LogP contribution in [0.1, 0.15) is 22.8 Å². The monoisotopic (exact) mass is 492 g/mol. The van der Waals surface area contributed by atoms with Crippen LogP contribution in [0.15, 0.2) is 35.2 Å². The van der Waals surface area contributed by atoms with Crippen LogP contribution in [0, 0.1) is 11.6 Å². The summed E-state index contributed by atoms with van der Waals surface area (Å²) in [7, 11) is 1.41. The lowest BCUT2D eigenvalue weighted by atomic mass is 10.2. The SMILES string of the molecule is CCOC(=O)c1cnn(-c2nc(OC)c3c(cnn3Cc3ccc(Br)c(F)c3F)n2)c1. The van der Waals surface area contributed by atoms with Crippen molar-refractivity contribution in [3.63, 3.8) is 0 Å². The predicted molar refractivity (Wildman–Crippen MR) is 108 cm³/mol. The van der Waals surface area contributed by atoms with E-state index in [1.165, 1.54) is 47.2 Å². The minimum Gasteiger partial charge on any atom is -0.479 e. The number of fused-ring (bicyclic) bond motifs is 1. The Kier molecular flexibility index (Phi) is 5.63. The molecule has 0 saturated heterocycles. The Balaban J connectivity index is 1.73. The molecule has 0 unspecified atom stereocenters. The van der Waals surface area contributed by atoms with Crippen LogP contribution >= 0.6 is 15.9 Å². The standard InChI is InChI=1S/C19H15BrF2N6O3/c1-3-31-18(29)11-6-23-28(9-11)19-25-13-7-24-27(16(13)17(26-19)30-2)8-10-4-5-12(20)15(22)14(10)21/h4-7,9H,3,8H2,1-2H3. The summed E-state index contributed by atoms with van der Waals surface area (Å²) < 4.78 is 41.2. The van der Waals surface area contributed by atoms with Gasteiger partial charge < -0.3 is 9.47 Å². The third-order valence-electron chi connectivity index (χ3n) is 4.37. The highest BCUT2D eigenvalue weighted by atomic mass is 79.9. The first-order valence-corrected chi connectivity index (χ1v) is 9.84. The highest BCUT2D eigenvalue weighted by molar-refractivity contribution is 9.10.